The lowest BCUT2D eigenvalue weighted by Gasteiger charge is -2.09. The minimum Gasteiger partial charge on any atom is -0.343 e. The van der Waals surface area contributed by atoms with E-state index in [4.69, 9.17) is 6.42 Å². The summed E-state index contributed by atoms with van der Waals surface area (Å²) in [6.07, 6.45) is 6.45. The molecule has 0 unspecified atom stereocenters. The minimum absolute atomic E-state index is 0.0228. The molecule has 0 fully saturated rings. The molecule has 27 heavy (non-hydrogen) atoms. The number of aromatic nitrogens is 2. The SMILES string of the molecule is C#CCNC(=O)C(=O)c1c(C)c(C(=O)Nc2ccnc(C)c2F)n(C)c1C. The highest BCUT2D eigenvalue weighted by molar-refractivity contribution is 6.43. The molecule has 0 aromatic carbocycles. The minimum atomic E-state index is -0.854. The Morgan fingerprint density at radius 3 is 2.59 bits per heavy atom. The number of anilines is 1. The molecule has 0 bridgehead atoms. The molecule has 0 saturated heterocycles. The largest absolute Gasteiger partial charge is 0.343 e. The summed E-state index contributed by atoms with van der Waals surface area (Å²) in [6, 6.07) is 1.34. The number of hydrogen-bond donors (Lipinski definition) is 2. The number of aryl methyl sites for hydroxylation is 1. The molecular formula is C19H19FN4O3. The standard InChI is InChI=1S/C19H19FN4O3/c1-6-8-22-19(27)17(25)14-10(2)16(24(5)12(14)4)18(26)23-13-7-9-21-11(3)15(13)20/h1,7,9H,8H2,2-5H3,(H,22,27)(H,21,23,26). The lowest BCUT2D eigenvalue weighted by atomic mass is 10.0. The van der Waals surface area contributed by atoms with Crippen LogP contribution in [0.5, 0.6) is 0 Å². The van der Waals surface area contributed by atoms with Crippen LogP contribution in [0.2, 0.25) is 0 Å². The average molecular weight is 370 g/mol. The Labute approximate surface area is 156 Å². The Bertz CT molecular complexity index is 986. The maximum atomic E-state index is 14.1. The van der Waals surface area contributed by atoms with Crippen LogP contribution in [-0.4, -0.2) is 33.7 Å². The predicted octanol–water partition coefficient (Wildman–Crippen LogP) is 1.67. The molecule has 0 aliphatic rings. The number of carbonyl (C=O) groups excluding carboxylic acids is 3. The molecule has 0 aliphatic carbocycles. The monoisotopic (exact) mass is 370 g/mol. The summed E-state index contributed by atoms with van der Waals surface area (Å²) in [5.74, 6) is -0.678. The van der Waals surface area contributed by atoms with Crippen molar-refractivity contribution in [1.29, 1.82) is 0 Å². The van der Waals surface area contributed by atoms with Gasteiger partial charge in [0.15, 0.2) is 5.82 Å². The Hall–Kier alpha value is -3.47. The van der Waals surface area contributed by atoms with E-state index in [1.54, 1.807) is 20.9 Å². The van der Waals surface area contributed by atoms with E-state index >= 15 is 0 Å². The van der Waals surface area contributed by atoms with Crippen LogP contribution in [0.1, 0.15) is 37.8 Å². The van der Waals surface area contributed by atoms with Crippen LogP contribution in [-0.2, 0) is 11.8 Å². The van der Waals surface area contributed by atoms with E-state index in [0.717, 1.165) is 0 Å². The number of nitrogens with one attached hydrogen (secondary N) is 2. The van der Waals surface area contributed by atoms with Crippen molar-refractivity contribution in [3.63, 3.8) is 0 Å². The van der Waals surface area contributed by atoms with E-state index in [-0.39, 0.29) is 29.2 Å². The van der Waals surface area contributed by atoms with Crippen LogP contribution in [0, 0.1) is 38.9 Å². The second kappa shape index (κ2) is 7.83. The summed E-state index contributed by atoms with van der Waals surface area (Å²) in [5, 5.41) is 4.78. The number of ketones is 1. The van der Waals surface area contributed by atoms with Crippen LogP contribution in [0.15, 0.2) is 12.3 Å². The van der Waals surface area contributed by atoms with Crippen molar-refractivity contribution >= 4 is 23.3 Å². The van der Waals surface area contributed by atoms with Crippen molar-refractivity contribution in [2.45, 2.75) is 20.8 Å². The number of Topliss-reactive ketones (excluding diaryl/α,β-unsaturated/α-hetero) is 1. The molecule has 0 aliphatic heterocycles. The summed E-state index contributed by atoms with van der Waals surface area (Å²) in [6.45, 7) is 4.57. The van der Waals surface area contributed by atoms with E-state index in [2.05, 4.69) is 21.5 Å². The van der Waals surface area contributed by atoms with Crippen LogP contribution in [0.3, 0.4) is 0 Å². The van der Waals surface area contributed by atoms with Gasteiger partial charge in [-0.25, -0.2) is 4.39 Å². The average Bonchev–Trinajstić information content (AvgIpc) is 2.85. The molecule has 2 rings (SSSR count). The number of terminal acetylenes is 1. The van der Waals surface area contributed by atoms with Gasteiger partial charge in [0.25, 0.3) is 17.6 Å². The second-order valence-corrected chi connectivity index (χ2v) is 5.92. The third kappa shape index (κ3) is 3.72. The van der Waals surface area contributed by atoms with Gasteiger partial charge in [0.2, 0.25) is 0 Å². The van der Waals surface area contributed by atoms with Gasteiger partial charge in [-0.05, 0) is 32.4 Å². The molecule has 0 atom stereocenters. The molecule has 2 aromatic rings. The second-order valence-electron chi connectivity index (χ2n) is 5.92. The van der Waals surface area contributed by atoms with Crippen LogP contribution in [0.4, 0.5) is 10.1 Å². The number of carbonyl (C=O) groups is 3. The zero-order valence-electron chi connectivity index (χ0n) is 15.4. The van der Waals surface area contributed by atoms with Gasteiger partial charge in [-0.2, -0.15) is 0 Å². The van der Waals surface area contributed by atoms with Crippen molar-refractivity contribution in [3.05, 3.63) is 46.3 Å². The summed E-state index contributed by atoms with van der Waals surface area (Å²) in [4.78, 5) is 40.9. The third-order valence-corrected chi connectivity index (χ3v) is 4.24. The van der Waals surface area contributed by atoms with E-state index in [1.807, 2.05) is 0 Å². The van der Waals surface area contributed by atoms with Gasteiger partial charge in [-0.15, -0.1) is 6.42 Å². The van der Waals surface area contributed by atoms with Crippen molar-refractivity contribution in [2.24, 2.45) is 7.05 Å². The quantitative estimate of drug-likeness (QED) is 0.476. The molecule has 2 aromatic heterocycles. The maximum Gasteiger partial charge on any atom is 0.293 e. The Balaban J connectivity index is 2.40. The van der Waals surface area contributed by atoms with E-state index in [1.165, 1.54) is 23.8 Å². The van der Waals surface area contributed by atoms with Gasteiger partial charge < -0.3 is 15.2 Å². The Kier molecular flexibility index (Phi) is 5.75. The molecule has 2 heterocycles. The van der Waals surface area contributed by atoms with E-state index in [9.17, 15) is 18.8 Å². The molecule has 0 radical (unpaired) electrons. The van der Waals surface area contributed by atoms with Gasteiger partial charge in [0, 0.05) is 18.9 Å². The van der Waals surface area contributed by atoms with Crippen molar-refractivity contribution in [3.8, 4) is 12.3 Å². The zero-order valence-corrected chi connectivity index (χ0v) is 15.4. The normalized spacial score (nSPS) is 10.2. The smallest absolute Gasteiger partial charge is 0.293 e. The first-order valence-corrected chi connectivity index (χ1v) is 8.05. The molecule has 2 N–H and O–H groups in total. The highest BCUT2D eigenvalue weighted by atomic mass is 19.1. The fourth-order valence-electron chi connectivity index (χ4n) is 2.79. The van der Waals surface area contributed by atoms with Crippen LogP contribution < -0.4 is 10.6 Å². The maximum absolute atomic E-state index is 14.1. The van der Waals surface area contributed by atoms with Crippen molar-refractivity contribution in [1.82, 2.24) is 14.9 Å². The van der Waals surface area contributed by atoms with Crippen LogP contribution in [0.25, 0.3) is 0 Å². The van der Waals surface area contributed by atoms with E-state index in [0.29, 0.717) is 11.3 Å². The molecular weight excluding hydrogens is 351 g/mol. The molecule has 140 valence electrons. The summed E-state index contributed by atoms with van der Waals surface area (Å²) in [5.41, 5.74) is 1.14. The topological polar surface area (TPSA) is 93.1 Å². The van der Waals surface area contributed by atoms with Gasteiger partial charge in [0.05, 0.1) is 23.5 Å². The first-order chi connectivity index (χ1) is 12.7. The number of hydrogen-bond acceptors (Lipinski definition) is 4. The Morgan fingerprint density at radius 2 is 1.96 bits per heavy atom. The number of nitrogens with zero attached hydrogens (tertiary/aromatic N) is 2. The van der Waals surface area contributed by atoms with Gasteiger partial charge in [0.1, 0.15) is 5.69 Å². The fourth-order valence-corrected chi connectivity index (χ4v) is 2.79. The summed E-state index contributed by atoms with van der Waals surface area (Å²) in [7, 11) is 1.58. The molecule has 7 nitrogen and oxygen atoms in total. The zero-order chi connectivity index (χ0) is 20.3. The number of amides is 2. The van der Waals surface area contributed by atoms with Gasteiger partial charge in [-0.3, -0.25) is 19.4 Å². The summed E-state index contributed by atoms with van der Waals surface area (Å²) >= 11 is 0. The fraction of sp³-hybridized carbons (Fsp3) is 0.263. The molecule has 2 amide bonds. The highest BCUT2D eigenvalue weighted by Crippen LogP contribution is 2.24. The number of rotatable bonds is 5. The molecule has 0 saturated carbocycles. The highest BCUT2D eigenvalue weighted by Gasteiger charge is 2.28. The van der Waals surface area contributed by atoms with Crippen LogP contribution >= 0.6 is 0 Å². The Morgan fingerprint density at radius 1 is 1.30 bits per heavy atom. The number of pyridine rings is 1. The van der Waals surface area contributed by atoms with Gasteiger partial charge in [-0.1, -0.05) is 5.92 Å². The van der Waals surface area contributed by atoms with Crippen molar-refractivity contribution < 1.29 is 18.8 Å². The lowest BCUT2D eigenvalue weighted by molar-refractivity contribution is -0.116. The predicted molar refractivity (Wildman–Crippen MR) is 97.9 cm³/mol. The van der Waals surface area contributed by atoms with Crippen molar-refractivity contribution in [2.75, 3.05) is 11.9 Å². The number of halogens is 1. The molecule has 8 heteroatoms. The van der Waals surface area contributed by atoms with Gasteiger partial charge >= 0.3 is 0 Å². The third-order valence-electron chi connectivity index (χ3n) is 4.24. The first-order valence-electron chi connectivity index (χ1n) is 8.05. The van der Waals surface area contributed by atoms with E-state index < -0.39 is 23.4 Å². The lowest BCUT2D eigenvalue weighted by Crippen LogP contribution is -2.31. The first kappa shape index (κ1) is 19.8. The summed E-state index contributed by atoms with van der Waals surface area (Å²) < 4.78 is 15.6. The molecule has 0 spiro atoms.